The first-order valence-electron chi connectivity index (χ1n) is 6.78. The molecule has 0 aromatic heterocycles. The first-order chi connectivity index (χ1) is 9.52. The molecule has 3 rings (SSSR count). The van der Waals surface area contributed by atoms with Crippen LogP contribution in [0.25, 0.3) is 0 Å². The number of aryl methyl sites for hydroxylation is 1. The Morgan fingerprint density at radius 3 is 2.55 bits per heavy atom. The Balaban J connectivity index is 2.03. The smallest absolute Gasteiger partial charge is 0.244 e. The van der Waals surface area contributed by atoms with E-state index in [0.29, 0.717) is 18.7 Å². The van der Waals surface area contributed by atoms with E-state index in [-0.39, 0.29) is 22.5 Å². The molecule has 2 unspecified atom stereocenters. The number of rotatable bonds is 2. The first kappa shape index (κ1) is 13.6. The van der Waals surface area contributed by atoms with E-state index in [2.05, 4.69) is 5.32 Å². The highest BCUT2D eigenvalue weighted by Gasteiger charge is 2.39. The predicted octanol–water partition coefficient (Wildman–Crippen LogP) is 0.992. The average Bonchev–Trinajstić information content (AvgIpc) is 2.76. The van der Waals surface area contributed by atoms with Crippen LogP contribution < -0.4 is 5.32 Å². The van der Waals surface area contributed by atoms with Gasteiger partial charge in [-0.2, -0.15) is 9.57 Å². The molecule has 6 heteroatoms. The number of fused-ring (bicyclic) bond motifs is 2. The van der Waals surface area contributed by atoms with E-state index in [1.165, 1.54) is 4.31 Å². The zero-order chi connectivity index (χ0) is 14.3. The standard InChI is InChI=1S/C14H17N3O2S/c1-10-3-2-4-11(7-15)14(10)20(18,19)17-8-12-5-6-13(9-17)16-12/h2-4,12-13,16H,5-6,8-9H2,1H3. The fourth-order valence-corrected chi connectivity index (χ4v) is 5.04. The van der Waals surface area contributed by atoms with Crippen molar-refractivity contribution in [3.05, 3.63) is 29.3 Å². The molecule has 0 radical (unpaired) electrons. The summed E-state index contributed by atoms with van der Waals surface area (Å²) in [6.45, 7) is 2.74. The van der Waals surface area contributed by atoms with Gasteiger partial charge in [-0.15, -0.1) is 0 Å². The van der Waals surface area contributed by atoms with E-state index < -0.39 is 10.0 Å². The average molecular weight is 291 g/mol. The fraction of sp³-hybridized carbons (Fsp3) is 0.500. The molecule has 2 atom stereocenters. The van der Waals surface area contributed by atoms with Crippen molar-refractivity contribution < 1.29 is 8.42 Å². The van der Waals surface area contributed by atoms with E-state index in [9.17, 15) is 13.7 Å². The third kappa shape index (κ3) is 2.12. The van der Waals surface area contributed by atoms with Crippen LogP contribution in [-0.2, 0) is 10.0 Å². The number of sulfonamides is 1. The molecular formula is C14H17N3O2S. The normalized spacial score (nSPS) is 26.4. The number of nitriles is 1. The van der Waals surface area contributed by atoms with Crippen molar-refractivity contribution in [2.75, 3.05) is 13.1 Å². The van der Waals surface area contributed by atoms with E-state index in [1.807, 2.05) is 6.07 Å². The quantitative estimate of drug-likeness (QED) is 0.882. The Kier molecular flexibility index (Phi) is 3.28. The van der Waals surface area contributed by atoms with Crippen molar-refractivity contribution in [1.29, 1.82) is 5.26 Å². The van der Waals surface area contributed by atoms with Crippen molar-refractivity contribution in [1.82, 2.24) is 9.62 Å². The second-order valence-electron chi connectivity index (χ2n) is 5.52. The summed E-state index contributed by atoms with van der Waals surface area (Å²) in [7, 11) is -3.59. The molecule has 5 nitrogen and oxygen atoms in total. The molecule has 0 spiro atoms. The van der Waals surface area contributed by atoms with Crippen LogP contribution in [0.2, 0.25) is 0 Å². The lowest BCUT2D eigenvalue weighted by Crippen LogP contribution is -2.53. The summed E-state index contributed by atoms with van der Waals surface area (Å²) < 4.78 is 27.2. The van der Waals surface area contributed by atoms with E-state index in [1.54, 1.807) is 25.1 Å². The van der Waals surface area contributed by atoms with Gasteiger partial charge in [0.25, 0.3) is 0 Å². The topological polar surface area (TPSA) is 73.2 Å². The summed E-state index contributed by atoms with van der Waals surface area (Å²) in [5.74, 6) is 0. The lowest BCUT2D eigenvalue weighted by atomic mass is 10.1. The van der Waals surface area contributed by atoms with Gasteiger partial charge in [0, 0.05) is 25.2 Å². The van der Waals surface area contributed by atoms with E-state index in [0.717, 1.165) is 12.8 Å². The monoisotopic (exact) mass is 291 g/mol. The van der Waals surface area contributed by atoms with Gasteiger partial charge in [0.2, 0.25) is 10.0 Å². The molecule has 1 aromatic carbocycles. The zero-order valence-electron chi connectivity index (χ0n) is 11.3. The van der Waals surface area contributed by atoms with Crippen LogP contribution in [0, 0.1) is 18.3 Å². The molecule has 1 aromatic rings. The molecule has 0 saturated carbocycles. The highest BCUT2D eigenvalue weighted by Crippen LogP contribution is 2.28. The van der Waals surface area contributed by atoms with E-state index >= 15 is 0 Å². The summed E-state index contributed by atoms with van der Waals surface area (Å²) in [6, 6.07) is 7.52. The maximum absolute atomic E-state index is 12.9. The number of hydrogen-bond acceptors (Lipinski definition) is 4. The molecule has 2 aliphatic rings. The minimum Gasteiger partial charge on any atom is -0.309 e. The van der Waals surface area contributed by atoms with Crippen LogP contribution in [-0.4, -0.2) is 37.9 Å². The van der Waals surface area contributed by atoms with Crippen LogP contribution in [0.3, 0.4) is 0 Å². The molecule has 2 fully saturated rings. The third-order valence-electron chi connectivity index (χ3n) is 4.11. The Hall–Kier alpha value is -1.42. The SMILES string of the molecule is Cc1cccc(C#N)c1S(=O)(=O)N1CC2CCC(C1)N2. The van der Waals surface area contributed by atoms with Gasteiger partial charge in [0.15, 0.2) is 0 Å². The maximum atomic E-state index is 12.9. The lowest BCUT2D eigenvalue weighted by molar-refractivity contribution is 0.296. The Morgan fingerprint density at radius 2 is 1.95 bits per heavy atom. The largest absolute Gasteiger partial charge is 0.309 e. The molecule has 2 saturated heterocycles. The van der Waals surface area contributed by atoms with Gasteiger partial charge in [-0.05, 0) is 31.4 Å². The number of benzene rings is 1. The van der Waals surface area contributed by atoms with Crippen molar-refractivity contribution in [2.24, 2.45) is 0 Å². The molecule has 2 bridgehead atoms. The van der Waals surface area contributed by atoms with Crippen LogP contribution in [0.1, 0.15) is 24.0 Å². The van der Waals surface area contributed by atoms with Gasteiger partial charge in [-0.25, -0.2) is 8.42 Å². The lowest BCUT2D eigenvalue weighted by Gasteiger charge is -2.32. The summed E-state index contributed by atoms with van der Waals surface area (Å²) in [4.78, 5) is 0.170. The molecule has 2 aliphatic heterocycles. The van der Waals surface area contributed by atoms with Crippen molar-refractivity contribution >= 4 is 10.0 Å². The minimum atomic E-state index is -3.59. The molecular weight excluding hydrogens is 274 g/mol. The van der Waals surface area contributed by atoms with Crippen LogP contribution in [0.5, 0.6) is 0 Å². The van der Waals surface area contributed by atoms with Gasteiger partial charge in [0.1, 0.15) is 11.0 Å². The zero-order valence-corrected chi connectivity index (χ0v) is 12.2. The second-order valence-corrected chi connectivity index (χ2v) is 7.40. The van der Waals surface area contributed by atoms with Gasteiger partial charge < -0.3 is 5.32 Å². The molecule has 0 aliphatic carbocycles. The summed E-state index contributed by atoms with van der Waals surface area (Å²) in [5.41, 5.74) is 0.866. The number of nitrogens with zero attached hydrogens (tertiary/aromatic N) is 2. The maximum Gasteiger partial charge on any atom is 0.244 e. The van der Waals surface area contributed by atoms with Crippen LogP contribution in [0.15, 0.2) is 23.1 Å². The van der Waals surface area contributed by atoms with Gasteiger partial charge >= 0.3 is 0 Å². The van der Waals surface area contributed by atoms with Gasteiger partial charge in [0.05, 0.1) is 5.56 Å². The molecule has 1 N–H and O–H groups in total. The highest BCUT2D eigenvalue weighted by atomic mass is 32.2. The number of nitrogens with one attached hydrogen (secondary N) is 1. The fourth-order valence-electron chi connectivity index (χ4n) is 3.16. The summed E-state index contributed by atoms with van der Waals surface area (Å²) in [6.07, 6.45) is 2.05. The number of piperazine rings is 1. The minimum absolute atomic E-state index is 0.170. The van der Waals surface area contributed by atoms with Crippen LogP contribution in [0.4, 0.5) is 0 Å². The van der Waals surface area contributed by atoms with Crippen molar-refractivity contribution in [2.45, 2.75) is 36.7 Å². The van der Waals surface area contributed by atoms with Crippen molar-refractivity contribution in [3.8, 4) is 6.07 Å². The highest BCUT2D eigenvalue weighted by molar-refractivity contribution is 7.89. The Morgan fingerprint density at radius 1 is 1.30 bits per heavy atom. The van der Waals surface area contributed by atoms with Gasteiger partial charge in [-0.3, -0.25) is 0 Å². The van der Waals surface area contributed by atoms with Gasteiger partial charge in [-0.1, -0.05) is 12.1 Å². The predicted molar refractivity (Wildman–Crippen MR) is 74.6 cm³/mol. The van der Waals surface area contributed by atoms with E-state index in [4.69, 9.17) is 0 Å². The van der Waals surface area contributed by atoms with Crippen LogP contribution >= 0.6 is 0 Å². The summed E-state index contributed by atoms with van der Waals surface area (Å²) in [5, 5.41) is 12.6. The van der Waals surface area contributed by atoms with Crippen molar-refractivity contribution in [3.63, 3.8) is 0 Å². The second kappa shape index (κ2) is 4.85. The molecule has 20 heavy (non-hydrogen) atoms. The first-order valence-corrected chi connectivity index (χ1v) is 8.22. The summed E-state index contributed by atoms with van der Waals surface area (Å²) >= 11 is 0. The molecule has 0 amide bonds. The third-order valence-corrected chi connectivity index (χ3v) is 6.15. The molecule has 2 heterocycles. The Labute approximate surface area is 119 Å². The Bertz CT molecular complexity index is 666. The number of hydrogen-bond donors (Lipinski definition) is 1. The molecule has 106 valence electrons.